The van der Waals surface area contributed by atoms with Crippen LogP contribution in [0, 0.1) is 5.92 Å². The number of hydrogen-bond acceptors (Lipinski definition) is 7. The Morgan fingerprint density at radius 2 is 1.73 bits per heavy atom. The fraction of sp³-hybridized carbons (Fsp3) is 0.560. The van der Waals surface area contributed by atoms with E-state index in [0.717, 1.165) is 11.1 Å². The fourth-order valence-electron chi connectivity index (χ4n) is 4.14. The summed E-state index contributed by atoms with van der Waals surface area (Å²) >= 11 is 5.60. The van der Waals surface area contributed by atoms with E-state index in [1.54, 1.807) is 13.8 Å². The molecular weight excluding hydrogens is 516 g/mol. The topological polar surface area (TPSA) is 145 Å². The van der Waals surface area contributed by atoms with Crippen molar-refractivity contribution in [3.63, 3.8) is 0 Å². The van der Waals surface area contributed by atoms with Gasteiger partial charge in [-0.2, -0.15) is 24.4 Å². The van der Waals surface area contributed by atoms with Crippen molar-refractivity contribution in [1.82, 2.24) is 20.9 Å². The van der Waals surface area contributed by atoms with Gasteiger partial charge in [0.25, 0.3) is 0 Å². The molecule has 1 aliphatic rings. The van der Waals surface area contributed by atoms with Gasteiger partial charge in [-0.15, -0.1) is 0 Å². The Balaban J connectivity index is 2.35. The van der Waals surface area contributed by atoms with Crippen LogP contribution in [0.2, 0.25) is 0 Å². The molecule has 1 aliphatic heterocycles. The highest BCUT2D eigenvalue weighted by Gasteiger charge is 2.40. The molecule has 204 valence electrons. The molecule has 0 unspecified atom stereocenters. The lowest BCUT2D eigenvalue weighted by atomic mass is 9.91. The lowest BCUT2D eigenvalue weighted by molar-refractivity contribution is -0.147. The molecule has 0 spiro atoms. The highest BCUT2D eigenvalue weighted by molar-refractivity contribution is 7.98. The van der Waals surface area contributed by atoms with Gasteiger partial charge < -0.3 is 26.0 Å². The van der Waals surface area contributed by atoms with Gasteiger partial charge in [-0.25, -0.2) is 4.79 Å². The summed E-state index contributed by atoms with van der Waals surface area (Å²) < 4.78 is 0. The van der Waals surface area contributed by atoms with Crippen LogP contribution in [0.5, 0.6) is 0 Å². The highest BCUT2D eigenvalue weighted by Crippen LogP contribution is 2.25. The molecule has 1 aromatic rings. The molecule has 0 saturated carbocycles. The number of benzene rings is 1. The van der Waals surface area contributed by atoms with Crippen molar-refractivity contribution in [1.29, 1.82) is 0 Å². The zero-order valence-electron chi connectivity index (χ0n) is 21.5. The fourth-order valence-corrected chi connectivity index (χ4v) is 4.86. The number of carboxylic acids is 1. The second-order valence-corrected chi connectivity index (χ2v) is 10.7. The van der Waals surface area contributed by atoms with E-state index in [9.17, 15) is 29.1 Å². The lowest BCUT2D eigenvalue weighted by Gasteiger charge is -2.39. The van der Waals surface area contributed by atoms with Gasteiger partial charge >= 0.3 is 5.97 Å². The summed E-state index contributed by atoms with van der Waals surface area (Å²) in [5.74, 6) is -2.86. The summed E-state index contributed by atoms with van der Waals surface area (Å²) in [5, 5.41) is 17.4. The van der Waals surface area contributed by atoms with E-state index >= 15 is 0 Å². The summed E-state index contributed by atoms with van der Waals surface area (Å²) in [7, 11) is 0. The third-order valence-corrected chi connectivity index (χ3v) is 7.18. The minimum absolute atomic E-state index is 0.0408. The Morgan fingerprint density at radius 1 is 1.08 bits per heavy atom. The summed E-state index contributed by atoms with van der Waals surface area (Å²) in [6.07, 6.45) is 2.31. The van der Waals surface area contributed by atoms with Gasteiger partial charge in [0, 0.05) is 25.6 Å². The molecule has 1 heterocycles. The maximum Gasteiger partial charge on any atom is 0.326 e. The lowest BCUT2D eigenvalue weighted by Crippen LogP contribution is -2.61. The number of hydrogen-bond donors (Lipinski definition) is 5. The van der Waals surface area contributed by atoms with Crippen LogP contribution in [-0.4, -0.2) is 81.5 Å². The number of nitrogens with zero attached hydrogens (tertiary/aromatic N) is 1. The van der Waals surface area contributed by atoms with Gasteiger partial charge in [0.15, 0.2) is 0 Å². The van der Waals surface area contributed by atoms with Crippen LogP contribution in [0.4, 0.5) is 0 Å². The molecule has 0 radical (unpaired) electrons. The Hall–Kier alpha value is -2.73. The van der Waals surface area contributed by atoms with Crippen molar-refractivity contribution in [2.24, 2.45) is 5.92 Å². The van der Waals surface area contributed by atoms with E-state index in [1.165, 1.54) is 23.6 Å². The first-order valence-electron chi connectivity index (χ1n) is 12.1. The van der Waals surface area contributed by atoms with Gasteiger partial charge in [-0.05, 0) is 35.5 Å². The summed E-state index contributed by atoms with van der Waals surface area (Å²) in [4.78, 5) is 64.7. The molecular formula is C25H36N4O6S2. The number of fused-ring (bicyclic) bond motifs is 1. The standard InChI is InChI=1S/C25H36N4O6S2/c1-14(2)21(28-22(31)19(13-36)26-15(3)30)24(33)29-12-17-8-6-5-7-16(17)11-20(29)23(32)27-18(25(34)35)9-10-37-4/h5-8,14,18-21,36H,9-13H2,1-4H3,(H,26,30)(H,27,32)(H,28,31)(H,34,35)/t18-,19-,20-,21-/m0/s1. The average molecular weight is 553 g/mol. The van der Waals surface area contributed by atoms with Crippen molar-refractivity contribution in [3.8, 4) is 0 Å². The Kier molecular flexibility index (Phi) is 11.8. The highest BCUT2D eigenvalue weighted by atomic mass is 32.2. The summed E-state index contributed by atoms with van der Waals surface area (Å²) in [5.41, 5.74) is 1.77. The Labute approximate surface area is 227 Å². The minimum atomic E-state index is -1.14. The molecule has 0 saturated heterocycles. The molecule has 4 atom stereocenters. The predicted octanol–water partition coefficient (Wildman–Crippen LogP) is 0.838. The number of carbonyl (C=O) groups is 5. The number of carbonyl (C=O) groups excluding carboxylic acids is 4. The van der Waals surface area contributed by atoms with E-state index in [2.05, 4.69) is 28.6 Å². The zero-order chi connectivity index (χ0) is 27.7. The van der Waals surface area contributed by atoms with Crippen molar-refractivity contribution < 1.29 is 29.1 Å². The number of nitrogens with one attached hydrogen (secondary N) is 3. The Morgan fingerprint density at radius 3 is 2.27 bits per heavy atom. The van der Waals surface area contributed by atoms with Gasteiger partial charge in [-0.1, -0.05) is 38.1 Å². The summed E-state index contributed by atoms with van der Waals surface area (Å²) in [6, 6.07) is 3.51. The Bertz CT molecular complexity index is 1010. The average Bonchev–Trinajstić information content (AvgIpc) is 2.86. The smallest absolute Gasteiger partial charge is 0.326 e. The van der Waals surface area contributed by atoms with E-state index in [4.69, 9.17) is 0 Å². The second-order valence-electron chi connectivity index (χ2n) is 9.30. The van der Waals surface area contributed by atoms with E-state index < -0.39 is 53.8 Å². The molecule has 10 nitrogen and oxygen atoms in total. The van der Waals surface area contributed by atoms with E-state index in [-0.39, 0.29) is 31.1 Å². The molecule has 4 N–H and O–H groups in total. The van der Waals surface area contributed by atoms with Crippen LogP contribution in [0.1, 0.15) is 38.3 Å². The first kappa shape index (κ1) is 30.5. The third-order valence-electron chi connectivity index (χ3n) is 6.17. The number of aliphatic carboxylic acids is 1. The first-order valence-corrected chi connectivity index (χ1v) is 14.1. The molecule has 12 heteroatoms. The molecule has 1 aromatic carbocycles. The van der Waals surface area contributed by atoms with Gasteiger partial charge in [-0.3, -0.25) is 19.2 Å². The molecule has 0 bridgehead atoms. The first-order chi connectivity index (χ1) is 17.5. The van der Waals surface area contributed by atoms with E-state index in [0.29, 0.717) is 5.75 Å². The van der Waals surface area contributed by atoms with Crippen molar-refractivity contribution >= 4 is 54.0 Å². The van der Waals surface area contributed by atoms with Gasteiger partial charge in [0.1, 0.15) is 24.2 Å². The number of amides is 4. The molecule has 4 amide bonds. The monoisotopic (exact) mass is 552 g/mol. The normalized spacial score (nSPS) is 17.2. The van der Waals surface area contributed by atoms with Crippen LogP contribution < -0.4 is 16.0 Å². The summed E-state index contributed by atoms with van der Waals surface area (Å²) in [6.45, 7) is 4.96. The third kappa shape index (κ3) is 8.39. The van der Waals surface area contributed by atoms with Crippen LogP contribution in [0.15, 0.2) is 24.3 Å². The van der Waals surface area contributed by atoms with E-state index in [1.807, 2.05) is 30.5 Å². The van der Waals surface area contributed by atoms with Crippen molar-refractivity contribution in [2.45, 2.75) is 64.3 Å². The zero-order valence-corrected chi connectivity index (χ0v) is 23.2. The maximum atomic E-state index is 13.8. The molecule has 0 aromatic heterocycles. The molecule has 0 aliphatic carbocycles. The maximum absolute atomic E-state index is 13.8. The van der Waals surface area contributed by atoms with Gasteiger partial charge in [0.05, 0.1) is 0 Å². The number of thiol groups is 1. The second kappa shape index (κ2) is 14.3. The number of thioether (sulfide) groups is 1. The molecule has 2 rings (SSSR count). The van der Waals surface area contributed by atoms with Gasteiger partial charge in [0.2, 0.25) is 23.6 Å². The molecule has 0 fully saturated rings. The number of rotatable bonds is 12. The van der Waals surface area contributed by atoms with Crippen molar-refractivity contribution in [3.05, 3.63) is 35.4 Å². The van der Waals surface area contributed by atoms with Crippen LogP contribution in [0.3, 0.4) is 0 Å². The molecule has 37 heavy (non-hydrogen) atoms. The minimum Gasteiger partial charge on any atom is -0.480 e. The van der Waals surface area contributed by atoms with Crippen molar-refractivity contribution in [2.75, 3.05) is 17.8 Å². The largest absolute Gasteiger partial charge is 0.480 e. The van der Waals surface area contributed by atoms with Crippen LogP contribution >= 0.6 is 24.4 Å². The number of carboxylic acid groups (broad SMARTS) is 1. The van der Waals surface area contributed by atoms with Crippen LogP contribution in [0.25, 0.3) is 0 Å². The van der Waals surface area contributed by atoms with Crippen LogP contribution in [-0.2, 0) is 36.9 Å². The quantitative estimate of drug-likeness (QED) is 0.242. The predicted molar refractivity (Wildman–Crippen MR) is 145 cm³/mol. The SMILES string of the molecule is CSCC[C@H](NC(=O)[C@@H]1Cc2ccccc2CN1C(=O)[C@@H](NC(=O)[C@H](CS)NC(C)=O)C(C)C)C(=O)O.